The standard InChI is InChI=1S/3C10H13.Sn/c3*1-10(2,3)9-7-5-4-6-8-9;/h3*4-8H,1H2,2-3H3;. The zero-order valence-electron chi connectivity index (χ0n) is 20.3. The summed E-state index contributed by atoms with van der Waals surface area (Å²) in [5, 5.41) is 0. The third-order valence-corrected chi connectivity index (χ3v) is 18.6. The molecule has 0 bridgehead atoms. The van der Waals surface area contributed by atoms with Gasteiger partial charge < -0.3 is 0 Å². The molecule has 0 atom stereocenters. The summed E-state index contributed by atoms with van der Waals surface area (Å²) >= 11 is -1.84. The molecular formula is C30H39Sn. The molecule has 0 fully saturated rings. The molecule has 0 aliphatic heterocycles. The van der Waals surface area contributed by atoms with Crippen LogP contribution in [-0.2, 0) is 16.2 Å². The van der Waals surface area contributed by atoms with Crippen molar-refractivity contribution in [2.75, 3.05) is 0 Å². The second-order valence-corrected chi connectivity index (χ2v) is 18.3. The van der Waals surface area contributed by atoms with Crippen LogP contribution < -0.4 is 0 Å². The van der Waals surface area contributed by atoms with Crippen molar-refractivity contribution in [1.29, 1.82) is 0 Å². The number of benzene rings is 3. The summed E-state index contributed by atoms with van der Waals surface area (Å²) in [6.45, 7) is 14.8. The fraction of sp³-hybridized carbons (Fsp3) is 0.400. The predicted octanol–water partition coefficient (Wildman–Crippen LogP) is 8.41. The van der Waals surface area contributed by atoms with Crippen LogP contribution in [0.4, 0.5) is 0 Å². The monoisotopic (exact) mass is 519 g/mol. The molecule has 0 N–H and O–H groups in total. The maximum atomic E-state index is 2.47. The van der Waals surface area contributed by atoms with E-state index in [1.54, 1.807) is 0 Å². The molecule has 0 saturated carbocycles. The van der Waals surface area contributed by atoms with Gasteiger partial charge in [0.05, 0.1) is 0 Å². The van der Waals surface area contributed by atoms with Crippen molar-refractivity contribution in [3.8, 4) is 0 Å². The molecule has 0 unspecified atom stereocenters. The van der Waals surface area contributed by atoms with Gasteiger partial charge in [0.1, 0.15) is 0 Å². The van der Waals surface area contributed by atoms with E-state index in [1.807, 2.05) is 0 Å². The first-order chi connectivity index (χ1) is 14.6. The van der Waals surface area contributed by atoms with Gasteiger partial charge in [0, 0.05) is 0 Å². The summed E-state index contributed by atoms with van der Waals surface area (Å²) in [6, 6.07) is 33.5. The van der Waals surface area contributed by atoms with E-state index in [-0.39, 0.29) is 16.2 Å². The SMILES string of the molecule is CC(C)([CH2][Sn]([CH2]C(C)(C)c1ccccc1)[CH2]C(C)(C)c1ccccc1)c1ccccc1. The van der Waals surface area contributed by atoms with E-state index >= 15 is 0 Å². The zero-order chi connectivity index (χ0) is 22.5. The Morgan fingerprint density at radius 1 is 0.419 bits per heavy atom. The van der Waals surface area contributed by atoms with Crippen LogP contribution in [0.5, 0.6) is 0 Å². The van der Waals surface area contributed by atoms with Gasteiger partial charge in [-0.1, -0.05) is 0 Å². The van der Waals surface area contributed by atoms with Crippen LogP contribution in [0.15, 0.2) is 91.0 Å². The number of hydrogen-bond acceptors (Lipinski definition) is 0. The molecular weight excluding hydrogens is 479 g/mol. The van der Waals surface area contributed by atoms with Crippen LogP contribution in [0.1, 0.15) is 58.2 Å². The van der Waals surface area contributed by atoms with Crippen LogP contribution in [0.2, 0.25) is 13.3 Å². The van der Waals surface area contributed by atoms with Crippen molar-refractivity contribution in [3.05, 3.63) is 108 Å². The van der Waals surface area contributed by atoms with Gasteiger partial charge >= 0.3 is 199 Å². The van der Waals surface area contributed by atoms with E-state index in [4.69, 9.17) is 0 Å². The Labute approximate surface area is 197 Å². The van der Waals surface area contributed by atoms with Crippen molar-refractivity contribution in [3.63, 3.8) is 0 Å². The molecule has 163 valence electrons. The van der Waals surface area contributed by atoms with Crippen LogP contribution >= 0.6 is 0 Å². The van der Waals surface area contributed by atoms with Crippen molar-refractivity contribution in [1.82, 2.24) is 0 Å². The summed E-state index contributed by atoms with van der Waals surface area (Å²) in [5.41, 5.74) is 5.16. The average Bonchev–Trinajstić information content (AvgIpc) is 2.75. The molecule has 3 aromatic carbocycles. The minimum absolute atomic E-state index is 0.232. The van der Waals surface area contributed by atoms with Gasteiger partial charge in [-0.05, 0) is 0 Å². The maximum absolute atomic E-state index is 2.47. The second-order valence-electron chi connectivity index (χ2n) is 11.0. The first-order valence-electron chi connectivity index (χ1n) is 11.6. The van der Waals surface area contributed by atoms with Crippen molar-refractivity contribution >= 4 is 19.8 Å². The summed E-state index contributed by atoms with van der Waals surface area (Å²) in [5.74, 6) is 0. The quantitative estimate of drug-likeness (QED) is 0.250. The summed E-state index contributed by atoms with van der Waals surface area (Å²) in [4.78, 5) is 0. The Morgan fingerprint density at radius 3 is 0.871 bits per heavy atom. The molecule has 0 aromatic heterocycles. The molecule has 0 spiro atoms. The Kier molecular flexibility index (Phi) is 7.73. The fourth-order valence-electron chi connectivity index (χ4n) is 5.04. The minimum atomic E-state index is -1.84. The topological polar surface area (TPSA) is 0 Å². The van der Waals surface area contributed by atoms with E-state index in [1.165, 1.54) is 30.0 Å². The summed E-state index contributed by atoms with van der Waals surface area (Å²) in [6.07, 6.45) is 0. The van der Waals surface area contributed by atoms with Crippen molar-refractivity contribution in [2.24, 2.45) is 0 Å². The van der Waals surface area contributed by atoms with E-state index in [0.717, 1.165) is 0 Å². The van der Waals surface area contributed by atoms with Gasteiger partial charge in [-0.3, -0.25) is 0 Å². The summed E-state index contributed by atoms with van der Waals surface area (Å²) < 4.78 is 4.14. The Balaban J connectivity index is 1.90. The predicted molar refractivity (Wildman–Crippen MR) is 139 cm³/mol. The van der Waals surface area contributed by atoms with Gasteiger partial charge in [-0.25, -0.2) is 0 Å². The average molecular weight is 518 g/mol. The van der Waals surface area contributed by atoms with Gasteiger partial charge in [0.15, 0.2) is 0 Å². The molecule has 3 aromatic rings. The molecule has 0 saturated heterocycles. The fourth-order valence-corrected chi connectivity index (χ4v) is 18.6. The second kappa shape index (κ2) is 9.94. The third-order valence-electron chi connectivity index (χ3n) is 6.74. The van der Waals surface area contributed by atoms with E-state index in [9.17, 15) is 0 Å². The molecule has 3 rings (SSSR count). The van der Waals surface area contributed by atoms with Gasteiger partial charge in [-0.15, -0.1) is 0 Å². The van der Waals surface area contributed by atoms with E-state index in [0.29, 0.717) is 0 Å². The molecule has 1 radical (unpaired) electrons. The molecule has 31 heavy (non-hydrogen) atoms. The van der Waals surface area contributed by atoms with Crippen LogP contribution in [0.25, 0.3) is 0 Å². The zero-order valence-corrected chi connectivity index (χ0v) is 23.1. The van der Waals surface area contributed by atoms with Crippen molar-refractivity contribution < 1.29 is 0 Å². The normalized spacial score (nSPS) is 12.9. The Bertz CT molecular complexity index is 797. The number of hydrogen-bond donors (Lipinski definition) is 0. The molecule has 0 aliphatic rings. The molecule has 0 aliphatic carbocycles. The molecule has 0 amide bonds. The van der Waals surface area contributed by atoms with Crippen molar-refractivity contribution in [2.45, 2.75) is 71.1 Å². The van der Waals surface area contributed by atoms with Gasteiger partial charge in [-0.2, -0.15) is 0 Å². The van der Waals surface area contributed by atoms with Crippen LogP contribution in [0.3, 0.4) is 0 Å². The first kappa shape index (κ1) is 24.1. The van der Waals surface area contributed by atoms with Gasteiger partial charge in [0.25, 0.3) is 0 Å². The molecule has 0 heterocycles. The molecule has 0 nitrogen and oxygen atoms in total. The third kappa shape index (κ3) is 6.48. The van der Waals surface area contributed by atoms with E-state index < -0.39 is 19.8 Å². The van der Waals surface area contributed by atoms with E-state index in [2.05, 4.69) is 133 Å². The van der Waals surface area contributed by atoms with Gasteiger partial charge in [0.2, 0.25) is 0 Å². The van der Waals surface area contributed by atoms with Crippen LogP contribution in [0, 0.1) is 0 Å². The first-order valence-corrected chi connectivity index (χ1v) is 17.7. The van der Waals surface area contributed by atoms with Crippen LogP contribution in [-0.4, -0.2) is 19.8 Å². The molecule has 1 heteroatoms. The Hall–Kier alpha value is -1.54. The summed E-state index contributed by atoms with van der Waals surface area (Å²) in [7, 11) is 0. The Morgan fingerprint density at radius 2 is 0.645 bits per heavy atom. The number of rotatable bonds is 9.